The molecule has 0 fully saturated rings. The van der Waals surface area contributed by atoms with Crippen molar-refractivity contribution in [2.24, 2.45) is 0 Å². The third kappa shape index (κ3) is 4.64. The van der Waals surface area contributed by atoms with Gasteiger partial charge in [-0.15, -0.1) is 11.3 Å². The zero-order valence-electron chi connectivity index (χ0n) is 16.0. The summed E-state index contributed by atoms with van der Waals surface area (Å²) in [4.78, 5) is 25.8. The van der Waals surface area contributed by atoms with Crippen molar-refractivity contribution in [3.8, 4) is 16.3 Å². The van der Waals surface area contributed by atoms with Gasteiger partial charge in [0, 0.05) is 0 Å². The molecule has 2 aromatic carbocycles. The smallest absolute Gasteiger partial charge is 0.325 e. The molecular weight excluding hydrogens is 398 g/mol. The normalized spacial score (nSPS) is 10.5. The summed E-state index contributed by atoms with van der Waals surface area (Å²) in [5.74, 6) is -0.901. The summed E-state index contributed by atoms with van der Waals surface area (Å²) in [5.41, 5.74) is 2.70. The molecule has 0 unspecified atom stereocenters. The van der Waals surface area contributed by atoms with Gasteiger partial charge in [0.15, 0.2) is 0 Å². The molecule has 30 heavy (non-hydrogen) atoms. The molecule has 0 saturated carbocycles. The van der Waals surface area contributed by atoms with Gasteiger partial charge < -0.3 is 10.1 Å². The van der Waals surface area contributed by atoms with Crippen LogP contribution in [0.25, 0.3) is 16.3 Å². The number of hydrogen-bond donors (Lipinski definition) is 1. The van der Waals surface area contributed by atoms with Gasteiger partial charge in [-0.05, 0) is 35.2 Å². The van der Waals surface area contributed by atoms with E-state index in [1.807, 2.05) is 78.2 Å². The number of hydrogen-bond acceptors (Lipinski definition) is 5. The predicted molar refractivity (Wildman–Crippen MR) is 115 cm³/mol. The van der Waals surface area contributed by atoms with Crippen LogP contribution in [0.1, 0.15) is 16.1 Å². The molecule has 1 N–H and O–H groups in total. The Morgan fingerprint density at radius 1 is 0.967 bits per heavy atom. The summed E-state index contributed by atoms with van der Waals surface area (Å²) in [6.07, 6.45) is 0. The van der Waals surface area contributed by atoms with Gasteiger partial charge in [-0.3, -0.25) is 9.59 Å². The van der Waals surface area contributed by atoms with E-state index in [2.05, 4.69) is 10.4 Å². The largest absolute Gasteiger partial charge is 0.460 e. The fourth-order valence-corrected chi connectivity index (χ4v) is 3.57. The minimum absolute atomic E-state index is 0.167. The number of amides is 1. The maximum Gasteiger partial charge on any atom is 0.325 e. The number of aromatic nitrogens is 2. The second-order valence-electron chi connectivity index (χ2n) is 6.47. The molecule has 150 valence electrons. The molecule has 6 nitrogen and oxygen atoms in total. The van der Waals surface area contributed by atoms with Gasteiger partial charge in [0.2, 0.25) is 0 Å². The van der Waals surface area contributed by atoms with Crippen molar-refractivity contribution < 1.29 is 14.3 Å². The van der Waals surface area contributed by atoms with Gasteiger partial charge >= 0.3 is 5.97 Å². The van der Waals surface area contributed by atoms with Crippen molar-refractivity contribution in [1.29, 1.82) is 0 Å². The van der Waals surface area contributed by atoms with E-state index < -0.39 is 11.9 Å². The zero-order chi connectivity index (χ0) is 20.8. The molecule has 7 heteroatoms. The minimum Gasteiger partial charge on any atom is -0.460 e. The van der Waals surface area contributed by atoms with Gasteiger partial charge in [0.25, 0.3) is 5.91 Å². The first-order valence-corrected chi connectivity index (χ1v) is 10.3. The van der Waals surface area contributed by atoms with Crippen molar-refractivity contribution in [1.82, 2.24) is 15.1 Å². The average molecular weight is 417 g/mol. The van der Waals surface area contributed by atoms with Gasteiger partial charge in [-0.1, -0.05) is 54.6 Å². The number of esters is 1. The quantitative estimate of drug-likeness (QED) is 0.460. The number of carbonyl (C=O) groups is 2. The molecule has 1 amide bonds. The second kappa shape index (κ2) is 9.19. The van der Waals surface area contributed by atoms with Crippen LogP contribution in [0.3, 0.4) is 0 Å². The number of carbonyl (C=O) groups excluding carboxylic acids is 2. The fraction of sp³-hybridized carbons (Fsp3) is 0.0870. The highest BCUT2D eigenvalue weighted by Gasteiger charge is 2.19. The molecule has 4 aromatic rings. The molecule has 4 rings (SSSR count). The predicted octanol–water partition coefficient (Wildman–Crippen LogP) is 4.07. The monoisotopic (exact) mass is 417 g/mol. The lowest BCUT2D eigenvalue weighted by molar-refractivity contribution is -0.143. The van der Waals surface area contributed by atoms with E-state index in [0.29, 0.717) is 11.4 Å². The van der Waals surface area contributed by atoms with Crippen molar-refractivity contribution in [3.05, 3.63) is 95.5 Å². The Morgan fingerprint density at radius 2 is 1.70 bits per heavy atom. The average Bonchev–Trinajstić information content (AvgIpc) is 3.47. The van der Waals surface area contributed by atoms with Gasteiger partial charge in [-0.25, -0.2) is 4.68 Å². The van der Waals surface area contributed by atoms with Gasteiger partial charge in [-0.2, -0.15) is 5.10 Å². The molecule has 2 heterocycles. The number of benzene rings is 2. The third-order valence-electron chi connectivity index (χ3n) is 4.35. The van der Waals surface area contributed by atoms with Gasteiger partial charge in [0.05, 0.1) is 10.6 Å². The van der Waals surface area contributed by atoms with E-state index in [1.165, 1.54) is 0 Å². The summed E-state index contributed by atoms with van der Waals surface area (Å²) >= 11 is 1.55. The van der Waals surface area contributed by atoms with Crippen LogP contribution in [0.4, 0.5) is 0 Å². The van der Waals surface area contributed by atoms with Crippen molar-refractivity contribution >= 4 is 23.2 Å². The minimum atomic E-state index is -0.503. The number of thiophene rings is 1. The molecule has 0 radical (unpaired) electrons. The highest BCUT2D eigenvalue weighted by molar-refractivity contribution is 7.13. The summed E-state index contributed by atoms with van der Waals surface area (Å²) in [7, 11) is 0. The molecule has 2 aromatic heterocycles. The molecule has 0 spiro atoms. The molecule has 0 aliphatic heterocycles. The highest BCUT2D eigenvalue weighted by Crippen LogP contribution is 2.25. The molecule has 0 atom stereocenters. The maximum atomic E-state index is 12.8. The van der Waals surface area contributed by atoms with Crippen molar-refractivity contribution in [2.75, 3.05) is 6.54 Å². The maximum absolute atomic E-state index is 12.8. The lowest BCUT2D eigenvalue weighted by atomic mass is 10.2. The summed E-state index contributed by atoms with van der Waals surface area (Å²) < 4.78 is 6.80. The Morgan fingerprint density at radius 3 is 2.40 bits per heavy atom. The Labute approximate surface area is 177 Å². The number of para-hydroxylation sites is 1. The Kier molecular flexibility index (Phi) is 6.01. The first kappa shape index (κ1) is 19.6. The highest BCUT2D eigenvalue weighted by atomic mass is 32.1. The van der Waals surface area contributed by atoms with Crippen LogP contribution in [-0.4, -0.2) is 28.2 Å². The van der Waals surface area contributed by atoms with E-state index in [4.69, 9.17) is 4.74 Å². The van der Waals surface area contributed by atoms with Crippen LogP contribution in [0, 0.1) is 0 Å². The van der Waals surface area contributed by atoms with Crippen LogP contribution in [0.15, 0.2) is 84.2 Å². The van der Waals surface area contributed by atoms with Crippen LogP contribution in [0.2, 0.25) is 0 Å². The number of ether oxygens (including phenoxy) is 1. The summed E-state index contributed by atoms with van der Waals surface area (Å²) in [6, 6.07) is 24.4. The lowest BCUT2D eigenvalue weighted by Gasteiger charge is -2.08. The van der Waals surface area contributed by atoms with Crippen LogP contribution < -0.4 is 5.32 Å². The van der Waals surface area contributed by atoms with E-state index >= 15 is 0 Å². The van der Waals surface area contributed by atoms with Crippen LogP contribution in [0.5, 0.6) is 0 Å². The van der Waals surface area contributed by atoms with Crippen molar-refractivity contribution in [3.63, 3.8) is 0 Å². The molecule has 0 aliphatic rings. The van der Waals surface area contributed by atoms with E-state index in [-0.39, 0.29) is 13.2 Å². The molecule has 0 aliphatic carbocycles. The Hall–Kier alpha value is -3.71. The number of nitrogens with one attached hydrogen (secondary N) is 1. The Balaban J connectivity index is 1.47. The SMILES string of the molecule is O=C(CNC(=O)c1cc(-c2cccs2)nn1-c1ccccc1)OCc1ccccc1. The molecule has 0 bridgehead atoms. The third-order valence-corrected chi connectivity index (χ3v) is 5.24. The van der Waals surface area contributed by atoms with E-state index in [1.54, 1.807) is 22.1 Å². The lowest BCUT2D eigenvalue weighted by Crippen LogP contribution is -2.32. The van der Waals surface area contributed by atoms with E-state index in [9.17, 15) is 9.59 Å². The molecular formula is C23H19N3O3S. The topological polar surface area (TPSA) is 73.2 Å². The first-order chi connectivity index (χ1) is 14.7. The Bertz CT molecular complexity index is 1120. The standard InChI is InChI=1S/C23H19N3O3S/c27-22(29-16-17-8-3-1-4-9-17)15-24-23(28)20-14-19(21-12-7-13-30-21)25-26(20)18-10-5-2-6-11-18/h1-14H,15-16H2,(H,24,28). The van der Waals surface area contributed by atoms with Crippen LogP contribution in [-0.2, 0) is 16.1 Å². The summed E-state index contributed by atoms with van der Waals surface area (Å²) in [5, 5.41) is 9.19. The van der Waals surface area contributed by atoms with Crippen molar-refractivity contribution in [2.45, 2.75) is 6.61 Å². The van der Waals surface area contributed by atoms with Gasteiger partial charge in [0.1, 0.15) is 24.5 Å². The first-order valence-electron chi connectivity index (χ1n) is 9.38. The summed E-state index contributed by atoms with van der Waals surface area (Å²) in [6.45, 7) is -0.0556. The van der Waals surface area contributed by atoms with Crippen LogP contribution >= 0.6 is 11.3 Å². The fourth-order valence-electron chi connectivity index (χ4n) is 2.89. The van der Waals surface area contributed by atoms with E-state index in [0.717, 1.165) is 16.1 Å². The zero-order valence-corrected chi connectivity index (χ0v) is 16.8. The number of nitrogens with zero attached hydrogens (tertiary/aromatic N) is 2. The number of rotatable bonds is 7. The molecule has 0 saturated heterocycles. The second-order valence-corrected chi connectivity index (χ2v) is 7.42.